The third-order valence-corrected chi connectivity index (χ3v) is 4.12. The van der Waals surface area contributed by atoms with Crippen molar-refractivity contribution in [1.82, 2.24) is 0 Å². The Balaban J connectivity index is 2.31. The summed E-state index contributed by atoms with van der Waals surface area (Å²) in [7, 11) is 0. The Morgan fingerprint density at radius 1 is 1.54 bits per heavy atom. The lowest BCUT2D eigenvalue weighted by Crippen LogP contribution is -2.21. The topological polar surface area (TPSA) is 12.0 Å². The molecule has 0 saturated heterocycles. The average molecular weight is 211 g/mol. The number of hydrogen-bond donors (Lipinski definition) is 1. The van der Waals surface area contributed by atoms with E-state index < -0.39 is 0 Å². The van der Waals surface area contributed by atoms with Crippen molar-refractivity contribution >= 4 is 29.2 Å². The van der Waals surface area contributed by atoms with E-state index in [1.807, 2.05) is 11.8 Å². The minimum absolute atomic E-state index is 0.595. The molecule has 1 nitrogen and oxygen atoms in total. The Morgan fingerprint density at radius 2 is 2.38 bits per heavy atom. The zero-order valence-corrected chi connectivity index (χ0v) is 9.47. The molecule has 0 radical (unpaired) electrons. The van der Waals surface area contributed by atoms with Gasteiger partial charge in [0.1, 0.15) is 0 Å². The van der Waals surface area contributed by atoms with E-state index in [0.717, 1.165) is 0 Å². The molecule has 1 aromatic rings. The molecule has 1 aliphatic rings. The van der Waals surface area contributed by atoms with Crippen LogP contribution in [0.25, 0.3) is 0 Å². The molecule has 1 unspecified atom stereocenters. The van der Waals surface area contributed by atoms with Gasteiger partial charge in [0, 0.05) is 27.3 Å². The van der Waals surface area contributed by atoms with Gasteiger partial charge in [0.2, 0.25) is 0 Å². The first kappa shape index (κ1) is 9.28. The van der Waals surface area contributed by atoms with Crippen molar-refractivity contribution in [2.24, 2.45) is 0 Å². The molecule has 2 rings (SSSR count). The highest BCUT2D eigenvalue weighted by Crippen LogP contribution is 2.35. The number of hydrogen-bond acceptors (Lipinski definition) is 3. The van der Waals surface area contributed by atoms with Crippen LogP contribution in [-0.2, 0) is 0 Å². The van der Waals surface area contributed by atoms with Gasteiger partial charge in [-0.3, -0.25) is 0 Å². The van der Waals surface area contributed by atoms with Crippen LogP contribution in [0.3, 0.4) is 0 Å². The fraction of sp³-hybridized carbons (Fsp3) is 0.400. The fourth-order valence-electron chi connectivity index (χ4n) is 1.39. The summed E-state index contributed by atoms with van der Waals surface area (Å²) in [6.45, 7) is 2.22. The zero-order chi connectivity index (χ0) is 9.26. The molecule has 0 saturated carbocycles. The molecule has 0 bridgehead atoms. The van der Waals surface area contributed by atoms with Crippen LogP contribution in [0.4, 0.5) is 5.69 Å². The van der Waals surface area contributed by atoms with Gasteiger partial charge in [0.25, 0.3) is 0 Å². The Bertz CT molecular complexity index is 312. The Morgan fingerprint density at radius 3 is 3.15 bits per heavy atom. The normalized spacial score (nSPS) is 20.6. The van der Waals surface area contributed by atoms with E-state index in [0.29, 0.717) is 6.04 Å². The maximum atomic E-state index is 3.48. The largest absolute Gasteiger partial charge is 0.381 e. The Kier molecular flexibility index (Phi) is 2.74. The van der Waals surface area contributed by atoms with Crippen molar-refractivity contribution in [2.75, 3.05) is 17.3 Å². The maximum Gasteiger partial charge on any atom is 0.0481 e. The molecule has 1 heterocycles. The zero-order valence-electron chi connectivity index (χ0n) is 7.83. The predicted octanol–water partition coefficient (Wildman–Crippen LogP) is 3.31. The molecule has 1 atom stereocenters. The number of rotatable bonds is 1. The first-order chi connectivity index (χ1) is 6.29. The molecule has 0 aromatic heterocycles. The number of nitrogens with one attached hydrogen (secondary N) is 1. The predicted molar refractivity (Wildman–Crippen MR) is 62.0 cm³/mol. The summed E-state index contributed by atoms with van der Waals surface area (Å²) in [5, 5.41) is 3.48. The highest BCUT2D eigenvalue weighted by molar-refractivity contribution is 8.00. The van der Waals surface area contributed by atoms with Crippen molar-refractivity contribution in [3.8, 4) is 0 Å². The summed E-state index contributed by atoms with van der Waals surface area (Å²) in [6.07, 6.45) is 2.12. The van der Waals surface area contributed by atoms with E-state index in [-0.39, 0.29) is 0 Å². The van der Waals surface area contributed by atoms with Crippen LogP contribution in [0.5, 0.6) is 0 Å². The lowest BCUT2D eigenvalue weighted by Gasteiger charge is -2.23. The average Bonchev–Trinajstić information content (AvgIpc) is 2.17. The second kappa shape index (κ2) is 3.84. The van der Waals surface area contributed by atoms with Crippen molar-refractivity contribution in [3.63, 3.8) is 0 Å². The Hall–Kier alpha value is -0.280. The van der Waals surface area contributed by atoms with Crippen molar-refractivity contribution in [2.45, 2.75) is 22.8 Å². The quantitative estimate of drug-likeness (QED) is 0.716. The Labute approximate surface area is 87.7 Å². The summed E-state index contributed by atoms with van der Waals surface area (Å²) >= 11 is 3.75. The lowest BCUT2D eigenvalue weighted by atomic mass is 10.3. The molecule has 0 fully saturated rings. The monoisotopic (exact) mass is 211 g/mol. The molecule has 70 valence electrons. The minimum Gasteiger partial charge on any atom is -0.381 e. The lowest BCUT2D eigenvalue weighted by molar-refractivity contribution is 0.893. The minimum atomic E-state index is 0.595. The third-order valence-electron chi connectivity index (χ3n) is 2.08. The maximum absolute atomic E-state index is 3.48. The standard InChI is InChI=1S/C10H13NS2/c1-7-6-13-10-5-8(12-2)3-4-9(10)11-7/h3-5,7,11H,6H2,1-2H3. The van der Waals surface area contributed by atoms with Gasteiger partial charge >= 0.3 is 0 Å². The summed E-state index contributed by atoms with van der Waals surface area (Å²) in [5.41, 5.74) is 1.29. The second-order valence-electron chi connectivity index (χ2n) is 3.22. The molecule has 0 amide bonds. The van der Waals surface area contributed by atoms with Gasteiger partial charge in [-0.15, -0.1) is 23.5 Å². The molecule has 1 N–H and O–H groups in total. The number of thioether (sulfide) groups is 2. The van der Waals surface area contributed by atoms with Gasteiger partial charge in [-0.2, -0.15) is 0 Å². The van der Waals surface area contributed by atoms with E-state index >= 15 is 0 Å². The summed E-state index contributed by atoms with van der Waals surface area (Å²) in [5.74, 6) is 1.17. The highest BCUT2D eigenvalue weighted by Gasteiger charge is 2.14. The second-order valence-corrected chi connectivity index (χ2v) is 5.16. The van der Waals surface area contributed by atoms with Crippen LogP contribution in [0.2, 0.25) is 0 Å². The van der Waals surface area contributed by atoms with E-state index in [4.69, 9.17) is 0 Å². The number of fused-ring (bicyclic) bond motifs is 1. The number of benzene rings is 1. The van der Waals surface area contributed by atoms with Gasteiger partial charge in [-0.25, -0.2) is 0 Å². The third kappa shape index (κ3) is 1.97. The summed E-state index contributed by atoms with van der Waals surface area (Å²) in [6, 6.07) is 7.22. The van der Waals surface area contributed by atoms with Gasteiger partial charge in [-0.05, 0) is 31.4 Å². The molecule has 1 aromatic carbocycles. The van der Waals surface area contributed by atoms with Gasteiger partial charge in [-0.1, -0.05) is 0 Å². The van der Waals surface area contributed by atoms with E-state index in [1.165, 1.54) is 21.2 Å². The van der Waals surface area contributed by atoms with Gasteiger partial charge in [0.05, 0.1) is 0 Å². The molecular weight excluding hydrogens is 198 g/mol. The van der Waals surface area contributed by atoms with Crippen LogP contribution in [0.15, 0.2) is 28.0 Å². The molecule has 0 spiro atoms. The van der Waals surface area contributed by atoms with Crippen LogP contribution < -0.4 is 5.32 Å². The first-order valence-corrected chi connectivity index (χ1v) is 6.58. The van der Waals surface area contributed by atoms with Crippen LogP contribution in [-0.4, -0.2) is 18.1 Å². The van der Waals surface area contributed by atoms with Crippen molar-refractivity contribution in [3.05, 3.63) is 18.2 Å². The van der Waals surface area contributed by atoms with Crippen molar-refractivity contribution < 1.29 is 0 Å². The molecule has 3 heteroatoms. The van der Waals surface area contributed by atoms with E-state index in [2.05, 4.69) is 36.7 Å². The first-order valence-electron chi connectivity index (χ1n) is 4.37. The number of anilines is 1. The van der Waals surface area contributed by atoms with Gasteiger partial charge < -0.3 is 5.32 Å². The van der Waals surface area contributed by atoms with Crippen LogP contribution >= 0.6 is 23.5 Å². The van der Waals surface area contributed by atoms with Crippen LogP contribution in [0, 0.1) is 0 Å². The van der Waals surface area contributed by atoms with E-state index in [9.17, 15) is 0 Å². The SMILES string of the molecule is CSc1ccc2c(c1)SCC(C)N2. The molecule has 0 aliphatic carbocycles. The molecule has 1 aliphatic heterocycles. The highest BCUT2D eigenvalue weighted by atomic mass is 32.2. The van der Waals surface area contributed by atoms with Crippen molar-refractivity contribution in [1.29, 1.82) is 0 Å². The van der Waals surface area contributed by atoms with Crippen LogP contribution in [0.1, 0.15) is 6.92 Å². The molecular formula is C10H13NS2. The summed E-state index contributed by atoms with van der Waals surface area (Å²) < 4.78 is 0. The van der Waals surface area contributed by atoms with E-state index in [1.54, 1.807) is 11.8 Å². The fourth-order valence-corrected chi connectivity index (χ4v) is 2.91. The molecule has 13 heavy (non-hydrogen) atoms. The summed E-state index contributed by atoms with van der Waals surface area (Å²) in [4.78, 5) is 2.74. The van der Waals surface area contributed by atoms with Gasteiger partial charge in [0.15, 0.2) is 0 Å². The smallest absolute Gasteiger partial charge is 0.0481 e.